The summed E-state index contributed by atoms with van der Waals surface area (Å²) in [6.45, 7) is 5.98. The van der Waals surface area contributed by atoms with E-state index in [2.05, 4.69) is 36.4 Å². The normalized spacial score (nSPS) is 28.4. The van der Waals surface area contributed by atoms with E-state index in [0.29, 0.717) is 19.4 Å². The van der Waals surface area contributed by atoms with Crippen molar-refractivity contribution in [1.29, 1.82) is 5.26 Å². The van der Waals surface area contributed by atoms with Crippen LogP contribution in [0.25, 0.3) is 0 Å². The van der Waals surface area contributed by atoms with Crippen molar-refractivity contribution in [2.24, 2.45) is 0 Å². The van der Waals surface area contributed by atoms with Gasteiger partial charge in [-0.25, -0.2) is 13.8 Å². The smallest absolute Gasteiger partial charge is 0.147 e. The van der Waals surface area contributed by atoms with E-state index < -0.39 is 49.4 Å². The summed E-state index contributed by atoms with van der Waals surface area (Å²) >= 11 is 1.38. The number of alkyl halides is 1. The van der Waals surface area contributed by atoms with Crippen molar-refractivity contribution < 1.29 is 17.9 Å². The molecule has 1 fully saturated rings. The van der Waals surface area contributed by atoms with Crippen molar-refractivity contribution in [3.05, 3.63) is 28.2 Å². The first-order chi connectivity index (χ1) is 13.3. The van der Waals surface area contributed by atoms with Gasteiger partial charge in [0.05, 0.1) is 6.07 Å². The van der Waals surface area contributed by atoms with Crippen LogP contribution in [0.1, 0.15) is 46.2 Å². The van der Waals surface area contributed by atoms with Crippen LogP contribution < -0.4 is 9.44 Å². The number of aromatic nitrogens is 1. The number of nitriles is 1. The maximum absolute atomic E-state index is 14.8. The second-order valence-corrected chi connectivity index (χ2v) is 14.0. The second kappa shape index (κ2) is 8.94. The van der Waals surface area contributed by atoms with Gasteiger partial charge in [0.1, 0.15) is 37.8 Å². The Balaban J connectivity index is 2.63. The van der Waals surface area contributed by atoms with E-state index in [0.717, 1.165) is 6.07 Å². The molecule has 0 radical (unpaired) electrons. The highest BCUT2D eigenvalue weighted by molar-refractivity contribution is 9.10. The Bertz CT molecular complexity index is 794. The number of nitrogens with one attached hydrogen (secondary N) is 2. The largest absolute Gasteiger partial charge is 0.598 e. The molecule has 1 saturated heterocycles. The Labute approximate surface area is 184 Å². The van der Waals surface area contributed by atoms with Gasteiger partial charge in [0.25, 0.3) is 0 Å². The molecule has 3 N–H and O–H groups in total. The van der Waals surface area contributed by atoms with Gasteiger partial charge in [-0.1, -0.05) is 10.5 Å². The third kappa shape index (κ3) is 5.06. The first-order valence-electron chi connectivity index (χ1n) is 9.10. The summed E-state index contributed by atoms with van der Waals surface area (Å²) in [7, 11) is -2.94. The summed E-state index contributed by atoms with van der Waals surface area (Å²) in [6, 6.07) is 4.67. The molecule has 0 aliphatic carbocycles. The summed E-state index contributed by atoms with van der Waals surface area (Å²) < 4.78 is 57.9. The van der Waals surface area contributed by atoms with Gasteiger partial charge >= 0.3 is 0 Å². The molecule has 1 aliphatic heterocycles. The standard InChI is InChI=1S/C18H27BrF2N4O2S2/c1-16(2,3)28(26)25-18(10-20,15-13(21)6-7-14(19)24-15)12-29(27)17(4,11-22)8-5-9-23-29/h6-7,23,25,27H,5,8-10,12H2,1-4H3/t17-,18?,28-/m1/s1. The van der Waals surface area contributed by atoms with Gasteiger partial charge in [0.15, 0.2) is 0 Å². The lowest BCUT2D eigenvalue weighted by atomic mass is 9.99. The van der Waals surface area contributed by atoms with Crippen LogP contribution in [0.2, 0.25) is 0 Å². The molecule has 164 valence electrons. The Morgan fingerprint density at radius 1 is 1.52 bits per heavy atom. The Hall–Kier alpha value is -0.480. The zero-order valence-corrected chi connectivity index (χ0v) is 20.1. The average molecular weight is 513 g/mol. The molecule has 0 aromatic carbocycles. The van der Waals surface area contributed by atoms with Gasteiger partial charge in [-0.2, -0.15) is 5.26 Å². The summed E-state index contributed by atoms with van der Waals surface area (Å²) in [5.41, 5.74) is -2.18. The van der Waals surface area contributed by atoms with E-state index in [4.69, 9.17) is 0 Å². The number of pyridine rings is 1. The minimum atomic E-state index is -2.94. The Morgan fingerprint density at radius 2 is 2.17 bits per heavy atom. The molecule has 2 rings (SSSR count). The maximum atomic E-state index is 14.8. The number of rotatable bonds is 6. The lowest BCUT2D eigenvalue weighted by Crippen LogP contribution is -2.59. The van der Waals surface area contributed by atoms with Crippen LogP contribution in [0.15, 0.2) is 16.7 Å². The van der Waals surface area contributed by atoms with Crippen LogP contribution in [0.3, 0.4) is 0 Å². The minimum absolute atomic E-state index is 0.275. The first-order valence-corrected chi connectivity index (χ1v) is 12.8. The van der Waals surface area contributed by atoms with Crippen LogP contribution in [-0.2, 0) is 16.9 Å². The van der Waals surface area contributed by atoms with Gasteiger partial charge in [-0.15, -0.1) is 4.72 Å². The third-order valence-corrected chi connectivity index (χ3v) is 10.5. The summed E-state index contributed by atoms with van der Waals surface area (Å²) in [5.74, 6) is -1.15. The van der Waals surface area contributed by atoms with E-state index in [1.807, 2.05) is 0 Å². The summed E-state index contributed by atoms with van der Waals surface area (Å²) in [6.07, 6.45) is 1.09. The zero-order chi connectivity index (χ0) is 22.1. The monoisotopic (exact) mass is 512 g/mol. The molecule has 4 atom stereocenters. The van der Waals surface area contributed by atoms with Gasteiger partial charge in [0, 0.05) is 23.7 Å². The molecule has 0 amide bonds. The van der Waals surface area contributed by atoms with E-state index in [1.54, 1.807) is 27.7 Å². The number of halogens is 3. The van der Waals surface area contributed by atoms with E-state index in [-0.39, 0.29) is 16.0 Å². The molecular formula is C18H27BrF2N4O2S2. The van der Waals surface area contributed by atoms with Gasteiger partial charge in [0.2, 0.25) is 0 Å². The molecule has 1 aromatic rings. The van der Waals surface area contributed by atoms with Crippen molar-refractivity contribution in [1.82, 2.24) is 14.4 Å². The summed E-state index contributed by atoms with van der Waals surface area (Å²) in [5, 5.41) is 9.74. The molecule has 11 heteroatoms. The average Bonchev–Trinajstić information content (AvgIpc) is 2.65. The van der Waals surface area contributed by atoms with Crippen LogP contribution >= 0.6 is 26.4 Å². The molecule has 1 unspecified atom stereocenters. The fraction of sp³-hybridized carbons (Fsp3) is 0.667. The van der Waals surface area contributed by atoms with Crippen molar-refractivity contribution in [3.8, 4) is 6.07 Å². The SMILES string of the molecule is CC(C)(C)[S@@+]([O-])NC(CF)(C[S@]1(O)NCCC[C@]1(C)C#N)c1nc(Br)ccc1F. The topological polar surface area (TPSA) is 104 Å². The van der Waals surface area contributed by atoms with Crippen molar-refractivity contribution >= 4 is 37.8 Å². The fourth-order valence-corrected chi connectivity index (χ4v) is 7.19. The highest BCUT2D eigenvalue weighted by Crippen LogP contribution is 2.59. The van der Waals surface area contributed by atoms with Gasteiger partial charge in [-0.3, -0.25) is 4.72 Å². The molecule has 1 aliphatic rings. The second-order valence-electron chi connectivity index (χ2n) is 8.35. The molecular weight excluding hydrogens is 486 g/mol. The molecule has 1 aromatic heterocycles. The molecule has 0 spiro atoms. The van der Waals surface area contributed by atoms with E-state index >= 15 is 0 Å². The molecule has 0 saturated carbocycles. The lowest BCUT2D eigenvalue weighted by molar-refractivity contribution is 0.288. The molecule has 6 nitrogen and oxygen atoms in total. The van der Waals surface area contributed by atoms with Crippen molar-refractivity contribution in [3.63, 3.8) is 0 Å². The van der Waals surface area contributed by atoms with Crippen molar-refractivity contribution in [2.75, 3.05) is 19.0 Å². The van der Waals surface area contributed by atoms with Crippen LogP contribution in [-0.4, -0.2) is 42.6 Å². The zero-order valence-electron chi connectivity index (χ0n) is 16.9. The maximum Gasteiger partial charge on any atom is 0.147 e. The molecule has 0 bridgehead atoms. The van der Waals surface area contributed by atoms with E-state index in [9.17, 15) is 23.1 Å². The molecule has 29 heavy (non-hydrogen) atoms. The number of nitrogens with zero attached hydrogens (tertiary/aromatic N) is 2. The van der Waals surface area contributed by atoms with Gasteiger partial charge in [-0.05, 0) is 68.6 Å². The minimum Gasteiger partial charge on any atom is -0.598 e. The Morgan fingerprint density at radius 3 is 2.72 bits per heavy atom. The highest BCUT2D eigenvalue weighted by Gasteiger charge is 2.54. The first kappa shape index (κ1) is 24.8. The van der Waals surface area contributed by atoms with Crippen LogP contribution in [0, 0.1) is 17.1 Å². The predicted octanol–water partition coefficient (Wildman–Crippen LogP) is 4.06. The summed E-state index contributed by atoms with van der Waals surface area (Å²) in [4.78, 5) is 4.12. The number of hydrogen-bond donors (Lipinski definition) is 3. The molecule has 2 heterocycles. The Kier molecular flexibility index (Phi) is 7.64. The highest BCUT2D eigenvalue weighted by atomic mass is 79.9. The fourth-order valence-electron chi connectivity index (χ4n) is 3.05. The third-order valence-electron chi connectivity index (χ3n) is 4.95. The lowest BCUT2D eigenvalue weighted by Gasteiger charge is -2.52. The van der Waals surface area contributed by atoms with Crippen molar-refractivity contribution in [2.45, 2.75) is 55.6 Å². The number of hydrogen-bond acceptors (Lipinski definition) is 6. The van der Waals surface area contributed by atoms with Gasteiger partial charge < -0.3 is 9.11 Å². The van der Waals surface area contributed by atoms with E-state index in [1.165, 1.54) is 6.07 Å². The van der Waals surface area contributed by atoms with Crippen LogP contribution in [0.5, 0.6) is 0 Å². The predicted molar refractivity (Wildman–Crippen MR) is 117 cm³/mol. The quantitative estimate of drug-likeness (QED) is 0.392. The van der Waals surface area contributed by atoms with Crippen LogP contribution in [0.4, 0.5) is 8.78 Å².